The number of carboxylic acids is 1. The predicted molar refractivity (Wildman–Crippen MR) is 68.7 cm³/mol. The number of nitrogens with zero attached hydrogens (tertiary/aromatic N) is 1. The Kier molecular flexibility index (Phi) is 4.53. The van der Waals surface area contributed by atoms with Crippen LogP contribution in [0.4, 0.5) is 0 Å². The smallest absolute Gasteiger partial charge is 0.345 e. The van der Waals surface area contributed by atoms with Crippen LogP contribution in [0, 0.1) is 0 Å². The van der Waals surface area contributed by atoms with Crippen LogP contribution < -0.4 is 5.32 Å². The zero-order chi connectivity index (χ0) is 12.1. The maximum atomic E-state index is 10.7. The number of hydrogen-bond acceptors (Lipinski definition) is 4. The highest BCUT2D eigenvalue weighted by atomic mass is 32.1. The third kappa shape index (κ3) is 3.80. The van der Waals surface area contributed by atoms with E-state index in [0.717, 1.165) is 24.5 Å². The van der Waals surface area contributed by atoms with Crippen LogP contribution >= 0.6 is 11.3 Å². The standard InChI is InChI=1S/C12H18N2O2S/c15-12(16)11-4-3-10(17-11)9-13-5-8-14-6-1-2-7-14/h3-4,13H,1-2,5-9H2,(H,15,16). The number of aromatic carboxylic acids is 1. The zero-order valence-electron chi connectivity index (χ0n) is 9.82. The molecule has 5 heteroatoms. The summed E-state index contributed by atoms with van der Waals surface area (Å²) < 4.78 is 0. The van der Waals surface area contributed by atoms with Gasteiger partial charge < -0.3 is 15.3 Å². The molecule has 0 spiro atoms. The lowest BCUT2D eigenvalue weighted by molar-refractivity contribution is 0.0702. The highest BCUT2D eigenvalue weighted by Crippen LogP contribution is 2.15. The van der Waals surface area contributed by atoms with Crippen molar-refractivity contribution in [2.75, 3.05) is 26.2 Å². The quantitative estimate of drug-likeness (QED) is 0.758. The van der Waals surface area contributed by atoms with Crippen molar-refractivity contribution in [1.29, 1.82) is 0 Å². The molecule has 1 saturated heterocycles. The van der Waals surface area contributed by atoms with Gasteiger partial charge in [-0.3, -0.25) is 0 Å². The molecular formula is C12H18N2O2S. The van der Waals surface area contributed by atoms with Crippen LogP contribution in [0.5, 0.6) is 0 Å². The minimum atomic E-state index is -0.835. The monoisotopic (exact) mass is 254 g/mol. The van der Waals surface area contributed by atoms with Crippen LogP contribution in [0.1, 0.15) is 27.4 Å². The topological polar surface area (TPSA) is 52.6 Å². The van der Waals surface area contributed by atoms with Crippen molar-refractivity contribution >= 4 is 17.3 Å². The van der Waals surface area contributed by atoms with E-state index >= 15 is 0 Å². The molecule has 0 saturated carbocycles. The van der Waals surface area contributed by atoms with Crippen molar-refractivity contribution in [2.24, 2.45) is 0 Å². The number of rotatable bonds is 6. The normalized spacial score (nSPS) is 16.5. The molecule has 1 aliphatic heterocycles. The summed E-state index contributed by atoms with van der Waals surface area (Å²) in [5, 5.41) is 12.2. The molecule has 94 valence electrons. The summed E-state index contributed by atoms with van der Waals surface area (Å²) in [7, 11) is 0. The minimum Gasteiger partial charge on any atom is -0.477 e. The first-order chi connectivity index (χ1) is 8.25. The average molecular weight is 254 g/mol. The van der Waals surface area contributed by atoms with Gasteiger partial charge in [-0.1, -0.05) is 0 Å². The molecule has 2 N–H and O–H groups in total. The van der Waals surface area contributed by atoms with E-state index in [0.29, 0.717) is 4.88 Å². The van der Waals surface area contributed by atoms with Gasteiger partial charge in [0.05, 0.1) is 0 Å². The summed E-state index contributed by atoms with van der Waals surface area (Å²) in [5.74, 6) is -0.835. The lowest BCUT2D eigenvalue weighted by atomic mass is 10.4. The molecule has 1 aromatic heterocycles. The Morgan fingerprint density at radius 1 is 1.41 bits per heavy atom. The highest BCUT2D eigenvalue weighted by molar-refractivity contribution is 7.13. The second-order valence-corrected chi connectivity index (χ2v) is 5.46. The highest BCUT2D eigenvalue weighted by Gasteiger charge is 2.10. The number of nitrogens with one attached hydrogen (secondary N) is 1. The molecule has 1 aromatic rings. The molecule has 0 unspecified atom stereocenters. The lowest BCUT2D eigenvalue weighted by Crippen LogP contribution is -2.29. The van der Waals surface area contributed by atoms with Gasteiger partial charge in [-0.25, -0.2) is 4.79 Å². The summed E-state index contributed by atoms with van der Waals surface area (Å²) in [4.78, 5) is 14.7. The predicted octanol–water partition coefficient (Wildman–Crippen LogP) is 1.63. The number of thiophene rings is 1. The van der Waals surface area contributed by atoms with E-state index in [4.69, 9.17) is 5.11 Å². The zero-order valence-corrected chi connectivity index (χ0v) is 10.6. The van der Waals surface area contributed by atoms with Gasteiger partial charge in [0.25, 0.3) is 0 Å². The van der Waals surface area contributed by atoms with Crippen molar-refractivity contribution in [3.05, 3.63) is 21.9 Å². The first-order valence-corrected chi connectivity index (χ1v) is 6.82. The van der Waals surface area contributed by atoms with Gasteiger partial charge in [0, 0.05) is 24.5 Å². The molecule has 0 aromatic carbocycles. The fraction of sp³-hybridized carbons (Fsp3) is 0.583. The van der Waals surface area contributed by atoms with Crippen molar-refractivity contribution in [3.8, 4) is 0 Å². The van der Waals surface area contributed by atoms with Gasteiger partial charge in [0.15, 0.2) is 0 Å². The van der Waals surface area contributed by atoms with Crippen molar-refractivity contribution in [3.63, 3.8) is 0 Å². The van der Waals surface area contributed by atoms with E-state index in [9.17, 15) is 4.79 Å². The van der Waals surface area contributed by atoms with E-state index in [1.54, 1.807) is 6.07 Å². The summed E-state index contributed by atoms with van der Waals surface area (Å²) in [6.07, 6.45) is 2.65. The molecule has 2 heterocycles. The maximum absolute atomic E-state index is 10.7. The molecule has 0 aliphatic carbocycles. The molecule has 0 bridgehead atoms. The first kappa shape index (κ1) is 12.5. The Morgan fingerprint density at radius 3 is 2.82 bits per heavy atom. The number of carbonyl (C=O) groups is 1. The summed E-state index contributed by atoms with van der Waals surface area (Å²) >= 11 is 1.35. The van der Waals surface area contributed by atoms with Gasteiger partial charge in [-0.15, -0.1) is 11.3 Å². The Hall–Kier alpha value is -0.910. The first-order valence-electron chi connectivity index (χ1n) is 6.01. The molecule has 1 aliphatic rings. The van der Waals surface area contributed by atoms with Crippen LogP contribution in [0.3, 0.4) is 0 Å². The third-order valence-electron chi connectivity index (χ3n) is 2.98. The number of carboxylic acid groups (broad SMARTS) is 1. The molecule has 0 radical (unpaired) electrons. The van der Waals surface area contributed by atoms with Gasteiger partial charge in [-0.05, 0) is 38.1 Å². The molecular weight excluding hydrogens is 236 g/mol. The lowest BCUT2D eigenvalue weighted by Gasteiger charge is -2.14. The van der Waals surface area contributed by atoms with E-state index in [2.05, 4.69) is 10.2 Å². The Balaban J connectivity index is 1.65. The molecule has 0 amide bonds. The SMILES string of the molecule is O=C(O)c1ccc(CNCCN2CCCC2)s1. The fourth-order valence-corrected chi connectivity index (χ4v) is 2.86. The van der Waals surface area contributed by atoms with Crippen molar-refractivity contribution in [1.82, 2.24) is 10.2 Å². The van der Waals surface area contributed by atoms with Gasteiger partial charge in [0.2, 0.25) is 0 Å². The van der Waals surface area contributed by atoms with Gasteiger partial charge in [0.1, 0.15) is 4.88 Å². The Morgan fingerprint density at radius 2 is 2.18 bits per heavy atom. The average Bonchev–Trinajstić information content (AvgIpc) is 2.96. The number of hydrogen-bond donors (Lipinski definition) is 2. The molecule has 1 fully saturated rings. The molecule has 2 rings (SSSR count). The Labute approximate surface area is 105 Å². The largest absolute Gasteiger partial charge is 0.477 e. The fourth-order valence-electron chi connectivity index (χ4n) is 2.04. The van der Waals surface area contributed by atoms with E-state index in [1.165, 1.54) is 37.3 Å². The van der Waals surface area contributed by atoms with Crippen LogP contribution in [0.2, 0.25) is 0 Å². The molecule has 0 atom stereocenters. The summed E-state index contributed by atoms with van der Waals surface area (Å²) in [5.41, 5.74) is 0. The molecule has 17 heavy (non-hydrogen) atoms. The molecule has 4 nitrogen and oxygen atoms in total. The van der Waals surface area contributed by atoms with E-state index < -0.39 is 5.97 Å². The van der Waals surface area contributed by atoms with Crippen LogP contribution in [0.25, 0.3) is 0 Å². The minimum absolute atomic E-state index is 0.418. The van der Waals surface area contributed by atoms with Crippen LogP contribution in [-0.2, 0) is 6.54 Å². The van der Waals surface area contributed by atoms with Gasteiger partial charge in [-0.2, -0.15) is 0 Å². The van der Waals surface area contributed by atoms with Crippen LogP contribution in [-0.4, -0.2) is 42.2 Å². The summed E-state index contributed by atoms with van der Waals surface area (Å²) in [6, 6.07) is 3.56. The Bertz CT molecular complexity index is 372. The van der Waals surface area contributed by atoms with Crippen molar-refractivity contribution in [2.45, 2.75) is 19.4 Å². The van der Waals surface area contributed by atoms with Crippen molar-refractivity contribution < 1.29 is 9.90 Å². The second-order valence-electron chi connectivity index (χ2n) is 4.30. The van der Waals surface area contributed by atoms with Crippen LogP contribution in [0.15, 0.2) is 12.1 Å². The van der Waals surface area contributed by atoms with E-state index in [-0.39, 0.29) is 0 Å². The second kappa shape index (κ2) is 6.14. The maximum Gasteiger partial charge on any atom is 0.345 e. The third-order valence-corrected chi connectivity index (χ3v) is 4.05. The van der Waals surface area contributed by atoms with E-state index in [1.807, 2.05) is 6.07 Å². The number of likely N-dealkylation sites (tertiary alicyclic amines) is 1. The van der Waals surface area contributed by atoms with Gasteiger partial charge >= 0.3 is 5.97 Å². The summed E-state index contributed by atoms with van der Waals surface area (Å²) in [6.45, 7) is 5.29.